The highest BCUT2D eigenvalue weighted by molar-refractivity contribution is 5.72. The van der Waals surface area contributed by atoms with Gasteiger partial charge in [-0.3, -0.25) is 9.69 Å². The van der Waals surface area contributed by atoms with Crippen LogP contribution in [0.1, 0.15) is 24.2 Å². The summed E-state index contributed by atoms with van der Waals surface area (Å²) in [6.45, 7) is 3.97. The van der Waals surface area contributed by atoms with Gasteiger partial charge in [0.25, 0.3) is 0 Å². The van der Waals surface area contributed by atoms with Crippen molar-refractivity contribution in [3.8, 4) is 5.75 Å². The quantitative estimate of drug-likeness (QED) is 0.575. The van der Waals surface area contributed by atoms with Gasteiger partial charge in [0.2, 0.25) is 0 Å². The SMILES string of the molecule is COC(=O)C1CCN(C[C@@H](O)COc2ccc(CN(C)Cc3nccn3C)cc2)CC1. The third-order valence-electron chi connectivity index (χ3n) is 5.74. The average molecular weight is 431 g/mol. The van der Waals surface area contributed by atoms with Crippen molar-refractivity contribution >= 4 is 5.97 Å². The van der Waals surface area contributed by atoms with E-state index in [1.807, 2.05) is 48.3 Å². The summed E-state index contributed by atoms with van der Waals surface area (Å²) in [7, 11) is 5.51. The van der Waals surface area contributed by atoms with Gasteiger partial charge in [-0.05, 0) is 50.7 Å². The van der Waals surface area contributed by atoms with Gasteiger partial charge in [-0.25, -0.2) is 4.98 Å². The van der Waals surface area contributed by atoms with Gasteiger partial charge in [0.05, 0.1) is 19.6 Å². The topological polar surface area (TPSA) is 80.1 Å². The summed E-state index contributed by atoms with van der Waals surface area (Å²) < 4.78 is 12.6. The number of rotatable bonds is 10. The molecule has 0 bridgehead atoms. The fourth-order valence-electron chi connectivity index (χ4n) is 3.91. The van der Waals surface area contributed by atoms with Crippen molar-refractivity contribution in [1.82, 2.24) is 19.4 Å². The smallest absolute Gasteiger partial charge is 0.308 e. The molecule has 0 aliphatic carbocycles. The molecule has 8 nitrogen and oxygen atoms in total. The van der Waals surface area contributed by atoms with E-state index in [9.17, 15) is 9.90 Å². The van der Waals surface area contributed by atoms with Crippen LogP contribution in [0, 0.1) is 5.92 Å². The lowest BCUT2D eigenvalue weighted by Crippen LogP contribution is -2.42. The minimum Gasteiger partial charge on any atom is -0.491 e. The van der Waals surface area contributed by atoms with Crippen LogP contribution in [0.4, 0.5) is 0 Å². The molecule has 170 valence electrons. The van der Waals surface area contributed by atoms with Gasteiger partial charge in [-0.15, -0.1) is 0 Å². The first kappa shape index (κ1) is 23.2. The van der Waals surface area contributed by atoms with Crippen molar-refractivity contribution in [2.24, 2.45) is 13.0 Å². The van der Waals surface area contributed by atoms with E-state index in [2.05, 4.69) is 21.8 Å². The maximum Gasteiger partial charge on any atom is 0.308 e. The van der Waals surface area contributed by atoms with Crippen molar-refractivity contribution in [2.45, 2.75) is 32.0 Å². The summed E-state index contributed by atoms with van der Waals surface area (Å²) in [5, 5.41) is 10.3. The van der Waals surface area contributed by atoms with Crippen LogP contribution in [0.15, 0.2) is 36.7 Å². The molecule has 1 aromatic carbocycles. The zero-order valence-corrected chi connectivity index (χ0v) is 18.7. The Morgan fingerprint density at radius 3 is 2.58 bits per heavy atom. The van der Waals surface area contributed by atoms with E-state index < -0.39 is 6.10 Å². The maximum absolute atomic E-state index is 11.6. The van der Waals surface area contributed by atoms with Crippen molar-refractivity contribution in [1.29, 1.82) is 0 Å². The predicted octanol–water partition coefficient (Wildman–Crippen LogP) is 1.68. The lowest BCUT2D eigenvalue weighted by molar-refractivity contribution is -0.147. The molecule has 1 saturated heterocycles. The minimum atomic E-state index is -0.571. The molecular weight excluding hydrogens is 396 g/mol. The van der Waals surface area contributed by atoms with Crippen LogP contribution in [0.5, 0.6) is 5.75 Å². The van der Waals surface area contributed by atoms with Gasteiger partial charge >= 0.3 is 5.97 Å². The van der Waals surface area contributed by atoms with E-state index in [4.69, 9.17) is 9.47 Å². The summed E-state index contributed by atoms with van der Waals surface area (Å²) >= 11 is 0. The summed E-state index contributed by atoms with van der Waals surface area (Å²) in [4.78, 5) is 20.4. The van der Waals surface area contributed by atoms with Crippen molar-refractivity contribution in [3.05, 3.63) is 48.0 Å². The molecule has 1 N–H and O–H groups in total. The minimum absolute atomic E-state index is 0.0177. The third-order valence-corrected chi connectivity index (χ3v) is 5.74. The number of methoxy groups -OCH3 is 1. The number of hydrogen-bond donors (Lipinski definition) is 1. The van der Waals surface area contributed by atoms with Crippen molar-refractivity contribution in [2.75, 3.05) is 40.4 Å². The number of piperidine rings is 1. The van der Waals surface area contributed by atoms with Crippen LogP contribution < -0.4 is 4.74 Å². The third kappa shape index (κ3) is 7.05. The monoisotopic (exact) mass is 430 g/mol. The zero-order chi connectivity index (χ0) is 22.2. The van der Waals surface area contributed by atoms with Gasteiger partial charge in [0.15, 0.2) is 0 Å². The van der Waals surface area contributed by atoms with E-state index in [1.54, 1.807) is 0 Å². The highest BCUT2D eigenvalue weighted by atomic mass is 16.5. The Morgan fingerprint density at radius 2 is 1.97 bits per heavy atom. The molecule has 0 amide bonds. The predicted molar refractivity (Wildman–Crippen MR) is 118 cm³/mol. The van der Waals surface area contributed by atoms with Crippen LogP contribution in [-0.4, -0.2) is 76.9 Å². The molecule has 0 spiro atoms. The number of likely N-dealkylation sites (tertiary alicyclic amines) is 1. The second-order valence-corrected chi connectivity index (χ2v) is 8.33. The first-order chi connectivity index (χ1) is 14.9. The fraction of sp³-hybridized carbons (Fsp3) is 0.565. The molecule has 2 aromatic rings. The lowest BCUT2D eigenvalue weighted by Gasteiger charge is -2.31. The van der Waals surface area contributed by atoms with Crippen molar-refractivity contribution < 1.29 is 19.4 Å². The Kier molecular flexibility index (Phi) is 8.45. The van der Waals surface area contributed by atoms with Gasteiger partial charge in [0.1, 0.15) is 24.3 Å². The Balaban J connectivity index is 1.37. The highest BCUT2D eigenvalue weighted by Crippen LogP contribution is 2.19. The van der Waals surface area contributed by atoms with Gasteiger partial charge in [-0.1, -0.05) is 12.1 Å². The van der Waals surface area contributed by atoms with E-state index in [0.29, 0.717) is 6.54 Å². The second kappa shape index (κ2) is 11.3. The number of ether oxygens (including phenoxy) is 2. The number of aryl methyl sites for hydroxylation is 1. The molecule has 0 unspecified atom stereocenters. The summed E-state index contributed by atoms with van der Waals surface area (Å²) in [6, 6.07) is 7.99. The number of nitrogens with zero attached hydrogens (tertiary/aromatic N) is 4. The van der Waals surface area contributed by atoms with E-state index in [0.717, 1.165) is 50.6 Å². The molecule has 2 heterocycles. The number of hydrogen-bond acceptors (Lipinski definition) is 7. The number of carbonyl (C=O) groups excluding carboxylic acids is 1. The van der Waals surface area contributed by atoms with Crippen LogP contribution in [0.3, 0.4) is 0 Å². The molecule has 1 atom stereocenters. The summed E-state index contributed by atoms with van der Waals surface area (Å²) in [5.41, 5.74) is 1.19. The molecule has 1 fully saturated rings. The molecule has 3 rings (SSSR count). The van der Waals surface area contributed by atoms with Gasteiger partial charge in [0, 0.05) is 32.5 Å². The first-order valence-electron chi connectivity index (χ1n) is 10.8. The second-order valence-electron chi connectivity index (χ2n) is 8.33. The molecule has 1 aromatic heterocycles. The van der Waals surface area contributed by atoms with E-state index >= 15 is 0 Å². The van der Waals surface area contributed by atoms with Crippen molar-refractivity contribution in [3.63, 3.8) is 0 Å². The number of benzene rings is 1. The number of aliphatic hydroxyl groups is 1. The Labute approximate surface area is 184 Å². The summed E-state index contributed by atoms with van der Waals surface area (Å²) in [6.07, 6.45) is 4.74. The van der Waals surface area contributed by atoms with Gasteiger partial charge in [-0.2, -0.15) is 0 Å². The number of aliphatic hydroxyl groups excluding tert-OH is 1. The van der Waals surface area contributed by atoms with E-state index in [-0.39, 0.29) is 18.5 Å². The fourth-order valence-corrected chi connectivity index (χ4v) is 3.91. The van der Waals surface area contributed by atoms with Crippen LogP contribution in [-0.2, 0) is 29.7 Å². The normalized spacial score (nSPS) is 16.4. The highest BCUT2D eigenvalue weighted by Gasteiger charge is 2.26. The standard InChI is InChI=1S/C23H34N4O4/c1-25(16-22-24-10-13-26(22)2)14-18-4-6-21(7-5-18)31-17-20(28)15-27-11-8-19(9-12-27)23(29)30-3/h4-7,10,13,19-20,28H,8-9,11-12,14-17H2,1-3H3/t20-/m1/s1. The Bertz CT molecular complexity index is 815. The molecule has 1 aliphatic rings. The molecule has 8 heteroatoms. The Hall–Kier alpha value is -2.42. The zero-order valence-electron chi connectivity index (χ0n) is 18.7. The van der Waals surface area contributed by atoms with Crippen LogP contribution >= 0.6 is 0 Å². The average Bonchev–Trinajstić information content (AvgIpc) is 3.17. The lowest BCUT2D eigenvalue weighted by atomic mass is 9.97. The Morgan fingerprint density at radius 1 is 1.26 bits per heavy atom. The largest absolute Gasteiger partial charge is 0.491 e. The van der Waals surface area contributed by atoms with Gasteiger partial charge < -0.3 is 24.0 Å². The molecule has 0 radical (unpaired) electrons. The number of β-amino-alcohol motifs (C(OH)–C–C–N with tert-alkyl or cyclic N) is 1. The first-order valence-corrected chi connectivity index (χ1v) is 10.8. The number of aromatic nitrogens is 2. The maximum atomic E-state index is 11.6. The molecular formula is C23H34N4O4. The van der Waals surface area contributed by atoms with Crippen LogP contribution in [0.25, 0.3) is 0 Å². The van der Waals surface area contributed by atoms with Crippen LogP contribution in [0.2, 0.25) is 0 Å². The number of imidazole rings is 1. The molecule has 31 heavy (non-hydrogen) atoms. The molecule has 0 saturated carbocycles. The van der Waals surface area contributed by atoms with E-state index in [1.165, 1.54) is 12.7 Å². The number of esters is 1. The summed E-state index contributed by atoms with van der Waals surface area (Å²) in [5.74, 6) is 1.63. The molecule has 1 aliphatic heterocycles. The number of carbonyl (C=O) groups is 1.